The zero-order valence-electron chi connectivity index (χ0n) is 12.3. The number of hydrogen-bond donors (Lipinski definition) is 1. The van der Waals surface area contributed by atoms with Crippen LogP contribution < -0.4 is 10.6 Å². The molecule has 0 aliphatic carbocycles. The highest BCUT2D eigenvalue weighted by Crippen LogP contribution is 2.19. The van der Waals surface area contributed by atoms with Gasteiger partial charge in [0.25, 0.3) is 0 Å². The number of anilines is 1. The second kappa shape index (κ2) is 6.57. The van der Waals surface area contributed by atoms with Gasteiger partial charge in [-0.25, -0.2) is 4.79 Å². The molecule has 1 rings (SSSR count). The summed E-state index contributed by atoms with van der Waals surface area (Å²) in [5.74, 6) is 0. The lowest BCUT2D eigenvalue weighted by Crippen LogP contribution is -2.38. The minimum absolute atomic E-state index is 0.329. The Kier molecular flexibility index (Phi) is 5.36. The number of ether oxygens (including phenoxy) is 1. The van der Waals surface area contributed by atoms with E-state index in [0.29, 0.717) is 13.1 Å². The molecule has 2 N–H and O–H groups in total. The van der Waals surface area contributed by atoms with Gasteiger partial charge in [0.05, 0.1) is 0 Å². The standard InChI is InChI=1S/C15H24N2O2/c1-12-6-8-13(9-7-12)17(11-5-10-16)14(18)19-15(2,3)4/h6-9H,5,10-11,16H2,1-4H3. The lowest BCUT2D eigenvalue weighted by Gasteiger charge is -2.27. The molecule has 0 bridgehead atoms. The number of rotatable bonds is 4. The Morgan fingerprint density at radius 2 is 1.84 bits per heavy atom. The Morgan fingerprint density at radius 3 is 2.32 bits per heavy atom. The summed E-state index contributed by atoms with van der Waals surface area (Å²) < 4.78 is 5.43. The maximum atomic E-state index is 12.2. The summed E-state index contributed by atoms with van der Waals surface area (Å²) in [5.41, 5.74) is 7.03. The first-order valence-corrected chi connectivity index (χ1v) is 6.61. The minimum atomic E-state index is -0.497. The van der Waals surface area contributed by atoms with Crippen LogP contribution in [0.4, 0.5) is 10.5 Å². The average molecular weight is 264 g/mol. The van der Waals surface area contributed by atoms with Gasteiger partial charge in [-0.15, -0.1) is 0 Å². The van der Waals surface area contributed by atoms with Crippen molar-refractivity contribution in [3.05, 3.63) is 29.8 Å². The van der Waals surface area contributed by atoms with Crippen LogP contribution in [0.2, 0.25) is 0 Å². The van der Waals surface area contributed by atoms with E-state index in [1.165, 1.54) is 0 Å². The van der Waals surface area contributed by atoms with Gasteiger partial charge >= 0.3 is 6.09 Å². The Hall–Kier alpha value is -1.55. The maximum Gasteiger partial charge on any atom is 0.414 e. The Balaban J connectivity index is 2.87. The number of nitrogens with zero attached hydrogens (tertiary/aromatic N) is 1. The molecular formula is C15H24N2O2. The van der Waals surface area contributed by atoms with E-state index in [4.69, 9.17) is 10.5 Å². The topological polar surface area (TPSA) is 55.6 Å². The minimum Gasteiger partial charge on any atom is -0.443 e. The van der Waals surface area contributed by atoms with Crippen LogP contribution in [0.15, 0.2) is 24.3 Å². The van der Waals surface area contributed by atoms with Crippen molar-refractivity contribution in [1.82, 2.24) is 0 Å². The number of carbonyl (C=O) groups excluding carboxylic acids is 1. The van der Waals surface area contributed by atoms with Crippen LogP contribution in [0.5, 0.6) is 0 Å². The van der Waals surface area contributed by atoms with Gasteiger partial charge in [0.15, 0.2) is 0 Å². The molecule has 4 heteroatoms. The fourth-order valence-corrected chi connectivity index (χ4v) is 1.62. The third-order valence-electron chi connectivity index (χ3n) is 2.55. The van der Waals surface area contributed by atoms with Crippen LogP contribution in [0.25, 0.3) is 0 Å². The summed E-state index contributed by atoms with van der Waals surface area (Å²) in [6.07, 6.45) is 0.414. The van der Waals surface area contributed by atoms with Crippen LogP contribution in [0, 0.1) is 6.92 Å². The lowest BCUT2D eigenvalue weighted by molar-refractivity contribution is 0.0580. The smallest absolute Gasteiger partial charge is 0.414 e. The van der Waals surface area contributed by atoms with E-state index in [2.05, 4.69) is 0 Å². The number of aryl methyl sites for hydroxylation is 1. The molecule has 4 nitrogen and oxygen atoms in total. The third-order valence-corrected chi connectivity index (χ3v) is 2.55. The molecule has 0 aliphatic rings. The van der Waals surface area contributed by atoms with E-state index in [0.717, 1.165) is 17.7 Å². The normalized spacial score (nSPS) is 11.2. The van der Waals surface area contributed by atoms with Crippen LogP contribution >= 0.6 is 0 Å². The average Bonchev–Trinajstić information content (AvgIpc) is 2.29. The molecule has 106 valence electrons. The van der Waals surface area contributed by atoms with Crippen LogP contribution in [0.3, 0.4) is 0 Å². The van der Waals surface area contributed by atoms with E-state index in [9.17, 15) is 4.79 Å². The van der Waals surface area contributed by atoms with Crippen LogP contribution in [-0.4, -0.2) is 24.8 Å². The zero-order valence-corrected chi connectivity index (χ0v) is 12.3. The Labute approximate surface area is 115 Å². The number of benzene rings is 1. The molecule has 0 radical (unpaired) electrons. The van der Waals surface area contributed by atoms with Crippen molar-refractivity contribution in [3.63, 3.8) is 0 Å². The lowest BCUT2D eigenvalue weighted by atomic mass is 10.2. The highest BCUT2D eigenvalue weighted by molar-refractivity contribution is 5.87. The molecule has 0 spiro atoms. The first-order valence-electron chi connectivity index (χ1n) is 6.61. The number of hydrogen-bond acceptors (Lipinski definition) is 3. The second-order valence-corrected chi connectivity index (χ2v) is 5.61. The van der Waals surface area contributed by atoms with Crippen LogP contribution in [-0.2, 0) is 4.74 Å². The van der Waals surface area contributed by atoms with E-state index in [-0.39, 0.29) is 6.09 Å². The summed E-state index contributed by atoms with van der Waals surface area (Å²) >= 11 is 0. The molecule has 1 aromatic carbocycles. The number of amides is 1. The molecule has 0 unspecified atom stereocenters. The van der Waals surface area contributed by atoms with Gasteiger partial charge in [0.2, 0.25) is 0 Å². The summed E-state index contributed by atoms with van der Waals surface area (Å²) in [4.78, 5) is 13.8. The number of carbonyl (C=O) groups is 1. The van der Waals surface area contributed by atoms with Gasteiger partial charge in [0.1, 0.15) is 5.60 Å². The Bertz CT molecular complexity index is 407. The highest BCUT2D eigenvalue weighted by atomic mass is 16.6. The fourth-order valence-electron chi connectivity index (χ4n) is 1.62. The molecule has 0 heterocycles. The fraction of sp³-hybridized carbons (Fsp3) is 0.533. The molecule has 0 fully saturated rings. The first-order chi connectivity index (χ1) is 8.83. The van der Waals surface area contributed by atoms with Crippen molar-refractivity contribution in [2.24, 2.45) is 5.73 Å². The van der Waals surface area contributed by atoms with Crippen molar-refractivity contribution in [2.45, 2.75) is 39.7 Å². The zero-order chi connectivity index (χ0) is 14.5. The SMILES string of the molecule is Cc1ccc(N(CCCN)C(=O)OC(C)(C)C)cc1. The summed E-state index contributed by atoms with van der Waals surface area (Å²) in [6, 6.07) is 7.82. The molecule has 0 saturated heterocycles. The van der Waals surface area contributed by atoms with Gasteiger partial charge in [-0.05, 0) is 52.8 Å². The molecule has 19 heavy (non-hydrogen) atoms. The van der Waals surface area contributed by atoms with Gasteiger partial charge < -0.3 is 10.5 Å². The first kappa shape index (κ1) is 15.5. The van der Waals surface area contributed by atoms with E-state index in [1.54, 1.807) is 4.90 Å². The highest BCUT2D eigenvalue weighted by Gasteiger charge is 2.22. The molecule has 1 amide bonds. The molecule has 0 aromatic heterocycles. The van der Waals surface area contributed by atoms with E-state index < -0.39 is 5.60 Å². The van der Waals surface area contributed by atoms with Crippen molar-refractivity contribution in [2.75, 3.05) is 18.0 Å². The Morgan fingerprint density at radius 1 is 1.26 bits per heavy atom. The van der Waals surface area contributed by atoms with Gasteiger partial charge in [-0.1, -0.05) is 17.7 Å². The molecule has 0 saturated carbocycles. The predicted molar refractivity (Wildman–Crippen MR) is 78.4 cm³/mol. The number of nitrogens with two attached hydrogens (primary N) is 1. The van der Waals surface area contributed by atoms with Crippen LogP contribution in [0.1, 0.15) is 32.8 Å². The van der Waals surface area contributed by atoms with Gasteiger partial charge in [0, 0.05) is 12.2 Å². The van der Waals surface area contributed by atoms with Gasteiger partial charge in [-0.2, -0.15) is 0 Å². The third kappa shape index (κ3) is 5.30. The van der Waals surface area contributed by atoms with E-state index in [1.807, 2.05) is 52.0 Å². The molecule has 1 aromatic rings. The maximum absolute atomic E-state index is 12.2. The molecular weight excluding hydrogens is 240 g/mol. The largest absolute Gasteiger partial charge is 0.443 e. The van der Waals surface area contributed by atoms with Crippen molar-refractivity contribution < 1.29 is 9.53 Å². The predicted octanol–water partition coefficient (Wildman–Crippen LogP) is 3.09. The quantitative estimate of drug-likeness (QED) is 0.909. The van der Waals surface area contributed by atoms with E-state index >= 15 is 0 Å². The second-order valence-electron chi connectivity index (χ2n) is 5.61. The molecule has 0 aliphatic heterocycles. The summed E-state index contributed by atoms with van der Waals surface area (Å²) in [5, 5.41) is 0. The van der Waals surface area contributed by atoms with Gasteiger partial charge in [-0.3, -0.25) is 4.90 Å². The monoisotopic (exact) mass is 264 g/mol. The van der Waals surface area contributed by atoms with Crippen molar-refractivity contribution >= 4 is 11.8 Å². The van der Waals surface area contributed by atoms with Crippen molar-refractivity contribution in [1.29, 1.82) is 0 Å². The summed E-state index contributed by atoms with van der Waals surface area (Å²) in [6.45, 7) is 8.71. The van der Waals surface area contributed by atoms with Crippen molar-refractivity contribution in [3.8, 4) is 0 Å². The molecule has 0 atom stereocenters. The summed E-state index contributed by atoms with van der Waals surface area (Å²) in [7, 11) is 0.